The lowest BCUT2D eigenvalue weighted by Crippen LogP contribution is -2.09. The molecule has 4 nitrogen and oxygen atoms in total. The van der Waals surface area contributed by atoms with Crippen LogP contribution in [-0.4, -0.2) is 7.11 Å². The standard InChI is InChI=1S/C23H16F3NO3/c1-29-17-11-9-14(10-12-17)20-21(18-7-2-3-8-19(18)30-22(20)28)27-16-6-4-5-15(13-16)23(24,25)26/h2-13,27H,1H3. The third-order valence-electron chi connectivity index (χ3n) is 4.65. The maximum atomic E-state index is 13.1. The number of alkyl halides is 3. The van der Waals surface area contributed by atoms with Gasteiger partial charge in [-0.25, -0.2) is 4.79 Å². The van der Waals surface area contributed by atoms with Crippen molar-refractivity contribution in [1.82, 2.24) is 0 Å². The van der Waals surface area contributed by atoms with E-state index in [1.165, 1.54) is 19.2 Å². The van der Waals surface area contributed by atoms with Gasteiger partial charge in [-0.05, 0) is 48.0 Å². The Morgan fingerprint density at radius 3 is 2.37 bits per heavy atom. The Labute approximate surface area is 169 Å². The number of nitrogens with one attached hydrogen (secondary N) is 1. The Morgan fingerprint density at radius 1 is 0.933 bits per heavy atom. The van der Waals surface area contributed by atoms with Crippen molar-refractivity contribution < 1.29 is 22.3 Å². The fraction of sp³-hybridized carbons (Fsp3) is 0.0870. The molecule has 0 fully saturated rings. The predicted octanol–water partition coefficient (Wildman–Crippen LogP) is 6.23. The zero-order valence-electron chi connectivity index (χ0n) is 15.8. The number of rotatable bonds is 4. The lowest BCUT2D eigenvalue weighted by molar-refractivity contribution is -0.137. The second kappa shape index (κ2) is 7.59. The SMILES string of the molecule is COc1ccc(-c2c(Nc3cccc(C(F)(F)F)c3)c3ccccc3oc2=O)cc1. The van der Waals surface area contributed by atoms with Crippen molar-refractivity contribution >= 4 is 22.3 Å². The molecule has 4 rings (SSSR count). The fourth-order valence-corrected chi connectivity index (χ4v) is 3.22. The summed E-state index contributed by atoms with van der Waals surface area (Å²) in [5.41, 5.74) is 0.272. The van der Waals surface area contributed by atoms with Crippen molar-refractivity contribution in [2.75, 3.05) is 12.4 Å². The first-order valence-electron chi connectivity index (χ1n) is 9.01. The van der Waals surface area contributed by atoms with Gasteiger partial charge in [0.15, 0.2) is 0 Å². The van der Waals surface area contributed by atoms with Crippen molar-refractivity contribution in [3.8, 4) is 16.9 Å². The summed E-state index contributed by atoms with van der Waals surface area (Å²) in [4.78, 5) is 12.8. The van der Waals surface area contributed by atoms with Gasteiger partial charge in [0.25, 0.3) is 0 Å². The van der Waals surface area contributed by atoms with Crippen LogP contribution in [0.1, 0.15) is 5.56 Å². The normalized spacial score (nSPS) is 11.5. The Bertz CT molecular complexity index is 1260. The number of halogens is 3. The van der Waals surface area contributed by atoms with Crippen LogP contribution in [0, 0.1) is 0 Å². The van der Waals surface area contributed by atoms with Crippen LogP contribution in [0.25, 0.3) is 22.1 Å². The van der Waals surface area contributed by atoms with Gasteiger partial charge in [-0.15, -0.1) is 0 Å². The van der Waals surface area contributed by atoms with Gasteiger partial charge in [-0.2, -0.15) is 13.2 Å². The maximum absolute atomic E-state index is 13.1. The summed E-state index contributed by atoms with van der Waals surface area (Å²) < 4.78 is 50.0. The Balaban J connectivity index is 1.92. The highest BCUT2D eigenvalue weighted by atomic mass is 19.4. The number of fused-ring (bicyclic) bond motifs is 1. The fourth-order valence-electron chi connectivity index (χ4n) is 3.22. The van der Waals surface area contributed by atoms with Gasteiger partial charge in [0.05, 0.1) is 23.9 Å². The highest BCUT2D eigenvalue weighted by Crippen LogP contribution is 2.36. The number of benzene rings is 3. The van der Waals surface area contributed by atoms with E-state index in [2.05, 4.69) is 5.32 Å². The van der Waals surface area contributed by atoms with E-state index in [4.69, 9.17) is 9.15 Å². The van der Waals surface area contributed by atoms with Gasteiger partial charge >= 0.3 is 11.8 Å². The molecule has 152 valence electrons. The molecule has 7 heteroatoms. The summed E-state index contributed by atoms with van der Waals surface area (Å²) in [6, 6.07) is 18.4. The number of methoxy groups -OCH3 is 1. The molecule has 0 saturated carbocycles. The van der Waals surface area contributed by atoms with Crippen LogP contribution in [0.15, 0.2) is 82.0 Å². The van der Waals surface area contributed by atoms with Crippen molar-refractivity contribution in [3.05, 3.63) is 88.8 Å². The predicted molar refractivity (Wildman–Crippen MR) is 109 cm³/mol. The average molecular weight is 411 g/mol. The highest BCUT2D eigenvalue weighted by molar-refractivity contribution is 5.99. The summed E-state index contributed by atoms with van der Waals surface area (Å²) in [5.74, 6) is 0.608. The minimum Gasteiger partial charge on any atom is -0.497 e. The molecule has 0 aliphatic rings. The molecule has 4 aromatic rings. The Morgan fingerprint density at radius 2 is 1.67 bits per heavy atom. The zero-order valence-corrected chi connectivity index (χ0v) is 15.8. The van der Waals surface area contributed by atoms with E-state index in [1.807, 2.05) is 0 Å². The summed E-state index contributed by atoms with van der Waals surface area (Å²) in [5, 5.41) is 3.57. The second-order valence-electron chi connectivity index (χ2n) is 6.57. The van der Waals surface area contributed by atoms with E-state index in [1.54, 1.807) is 48.5 Å². The molecule has 0 spiro atoms. The lowest BCUT2D eigenvalue weighted by atomic mass is 10.0. The summed E-state index contributed by atoms with van der Waals surface area (Å²) in [6.45, 7) is 0. The van der Waals surface area contributed by atoms with Crippen LogP contribution in [-0.2, 0) is 6.18 Å². The van der Waals surface area contributed by atoms with Gasteiger partial charge in [0, 0.05) is 11.1 Å². The molecule has 0 radical (unpaired) electrons. The molecule has 0 aliphatic carbocycles. The monoisotopic (exact) mass is 411 g/mol. The van der Waals surface area contributed by atoms with E-state index in [9.17, 15) is 18.0 Å². The molecule has 3 aromatic carbocycles. The van der Waals surface area contributed by atoms with Gasteiger partial charge < -0.3 is 14.5 Å². The number of hydrogen-bond donors (Lipinski definition) is 1. The summed E-state index contributed by atoms with van der Waals surface area (Å²) in [7, 11) is 1.53. The quantitative estimate of drug-likeness (QED) is 0.405. The van der Waals surface area contributed by atoms with Crippen LogP contribution in [0.2, 0.25) is 0 Å². The van der Waals surface area contributed by atoms with E-state index in [-0.39, 0.29) is 11.3 Å². The molecule has 0 bridgehead atoms. The van der Waals surface area contributed by atoms with Crippen molar-refractivity contribution in [3.63, 3.8) is 0 Å². The largest absolute Gasteiger partial charge is 0.497 e. The average Bonchev–Trinajstić information content (AvgIpc) is 2.73. The van der Waals surface area contributed by atoms with Gasteiger partial charge in [0.2, 0.25) is 0 Å². The first-order chi connectivity index (χ1) is 14.4. The molecule has 0 saturated heterocycles. The zero-order chi connectivity index (χ0) is 21.3. The van der Waals surface area contributed by atoms with E-state index >= 15 is 0 Å². The van der Waals surface area contributed by atoms with Gasteiger partial charge in [-0.3, -0.25) is 0 Å². The molecule has 1 N–H and O–H groups in total. The first kappa shape index (κ1) is 19.6. The summed E-state index contributed by atoms with van der Waals surface area (Å²) >= 11 is 0. The smallest absolute Gasteiger partial charge is 0.416 e. The third kappa shape index (κ3) is 3.74. The Kier molecular flexibility index (Phi) is 4.95. The van der Waals surface area contributed by atoms with Crippen LogP contribution in [0.3, 0.4) is 0 Å². The molecular weight excluding hydrogens is 395 g/mol. The van der Waals surface area contributed by atoms with Crippen molar-refractivity contribution in [2.45, 2.75) is 6.18 Å². The topological polar surface area (TPSA) is 51.5 Å². The van der Waals surface area contributed by atoms with Crippen LogP contribution >= 0.6 is 0 Å². The molecular formula is C23H16F3NO3. The first-order valence-corrected chi connectivity index (χ1v) is 9.01. The van der Waals surface area contributed by atoms with Crippen LogP contribution in [0.5, 0.6) is 5.75 Å². The second-order valence-corrected chi connectivity index (χ2v) is 6.57. The van der Waals surface area contributed by atoms with Crippen LogP contribution in [0.4, 0.5) is 24.5 Å². The molecule has 1 aromatic heterocycles. The van der Waals surface area contributed by atoms with Gasteiger partial charge in [0.1, 0.15) is 11.3 Å². The van der Waals surface area contributed by atoms with E-state index < -0.39 is 17.4 Å². The number of anilines is 2. The van der Waals surface area contributed by atoms with Gasteiger partial charge in [-0.1, -0.05) is 30.3 Å². The maximum Gasteiger partial charge on any atom is 0.416 e. The molecule has 1 heterocycles. The molecule has 0 aliphatic heterocycles. The lowest BCUT2D eigenvalue weighted by Gasteiger charge is -2.15. The number of para-hydroxylation sites is 1. The third-order valence-corrected chi connectivity index (χ3v) is 4.65. The van der Waals surface area contributed by atoms with Crippen molar-refractivity contribution in [1.29, 1.82) is 0 Å². The number of hydrogen-bond acceptors (Lipinski definition) is 4. The highest BCUT2D eigenvalue weighted by Gasteiger charge is 2.30. The van der Waals surface area contributed by atoms with E-state index in [0.29, 0.717) is 28.0 Å². The minimum atomic E-state index is -4.48. The molecule has 0 unspecified atom stereocenters. The van der Waals surface area contributed by atoms with Crippen molar-refractivity contribution in [2.24, 2.45) is 0 Å². The molecule has 0 amide bonds. The number of ether oxygens (including phenoxy) is 1. The molecule has 0 atom stereocenters. The molecule has 30 heavy (non-hydrogen) atoms. The van der Waals surface area contributed by atoms with Crippen LogP contribution < -0.4 is 15.7 Å². The summed E-state index contributed by atoms with van der Waals surface area (Å²) in [6.07, 6.45) is -4.48. The van der Waals surface area contributed by atoms with E-state index in [0.717, 1.165) is 12.1 Å². The minimum absolute atomic E-state index is 0.204. The Hall–Kier alpha value is -3.74.